The standard InChI is InChI=1S/C20H22N2O/c1-14-9-15(2)11-16(10-14)12-20(23)21-8-7-17-13-22-19-6-4-3-5-18(17)19/h3-6,9-11,13,22H,7-8,12H2,1-2H3,(H,21,23). The molecule has 1 amide bonds. The third-order valence-electron chi connectivity index (χ3n) is 4.04. The molecular weight excluding hydrogens is 284 g/mol. The summed E-state index contributed by atoms with van der Waals surface area (Å²) in [4.78, 5) is 15.4. The zero-order chi connectivity index (χ0) is 16.2. The Morgan fingerprint density at radius 3 is 2.61 bits per heavy atom. The lowest BCUT2D eigenvalue weighted by atomic mass is 10.0. The average molecular weight is 306 g/mol. The van der Waals surface area contributed by atoms with Crippen LogP contribution >= 0.6 is 0 Å². The van der Waals surface area contributed by atoms with Gasteiger partial charge in [-0.25, -0.2) is 0 Å². The van der Waals surface area contributed by atoms with Crippen molar-refractivity contribution in [1.82, 2.24) is 10.3 Å². The van der Waals surface area contributed by atoms with Gasteiger partial charge >= 0.3 is 0 Å². The van der Waals surface area contributed by atoms with Crippen molar-refractivity contribution in [2.45, 2.75) is 26.7 Å². The number of fused-ring (bicyclic) bond motifs is 1. The van der Waals surface area contributed by atoms with Crippen molar-refractivity contribution in [2.24, 2.45) is 0 Å². The number of aromatic amines is 1. The van der Waals surface area contributed by atoms with Crippen molar-refractivity contribution in [3.63, 3.8) is 0 Å². The normalized spacial score (nSPS) is 10.9. The van der Waals surface area contributed by atoms with Crippen LogP contribution in [0, 0.1) is 13.8 Å². The maximum absolute atomic E-state index is 12.1. The number of carbonyl (C=O) groups is 1. The van der Waals surface area contributed by atoms with Crippen LogP contribution in [-0.2, 0) is 17.6 Å². The minimum absolute atomic E-state index is 0.0786. The summed E-state index contributed by atoms with van der Waals surface area (Å²) in [5.74, 6) is 0.0786. The predicted octanol–water partition coefficient (Wildman–Crippen LogP) is 3.69. The Labute approximate surface area is 136 Å². The molecule has 0 spiro atoms. The Bertz CT molecular complexity index is 812. The molecule has 0 radical (unpaired) electrons. The fourth-order valence-electron chi connectivity index (χ4n) is 3.09. The lowest BCUT2D eigenvalue weighted by Gasteiger charge is -2.07. The molecule has 0 bridgehead atoms. The first-order chi connectivity index (χ1) is 11.1. The molecule has 0 saturated heterocycles. The zero-order valence-corrected chi connectivity index (χ0v) is 13.6. The summed E-state index contributed by atoms with van der Waals surface area (Å²) in [6, 6.07) is 14.5. The fraction of sp³-hybridized carbons (Fsp3) is 0.250. The van der Waals surface area contributed by atoms with E-state index in [0.717, 1.165) is 17.5 Å². The van der Waals surface area contributed by atoms with E-state index in [2.05, 4.69) is 54.5 Å². The Morgan fingerprint density at radius 1 is 1.09 bits per heavy atom. The Kier molecular flexibility index (Phi) is 4.47. The molecule has 1 heterocycles. The summed E-state index contributed by atoms with van der Waals surface area (Å²) in [6.45, 7) is 4.78. The average Bonchev–Trinajstić information content (AvgIpc) is 2.90. The second kappa shape index (κ2) is 6.69. The molecule has 0 aliphatic carbocycles. The first-order valence-corrected chi connectivity index (χ1v) is 8.01. The molecule has 3 nitrogen and oxygen atoms in total. The fourth-order valence-corrected chi connectivity index (χ4v) is 3.09. The highest BCUT2D eigenvalue weighted by molar-refractivity contribution is 5.83. The second-order valence-electron chi connectivity index (χ2n) is 6.13. The van der Waals surface area contributed by atoms with Crippen LogP contribution < -0.4 is 5.32 Å². The summed E-state index contributed by atoms with van der Waals surface area (Å²) in [5, 5.41) is 4.25. The second-order valence-corrected chi connectivity index (χ2v) is 6.13. The van der Waals surface area contributed by atoms with Gasteiger partial charge in [-0.2, -0.15) is 0 Å². The Balaban J connectivity index is 1.55. The van der Waals surface area contributed by atoms with Gasteiger partial charge in [-0.3, -0.25) is 4.79 Å². The Morgan fingerprint density at radius 2 is 1.83 bits per heavy atom. The van der Waals surface area contributed by atoms with Gasteiger partial charge in [-0.05, 0) is 37.5 Å². The van der Waals surface area contributed by atoms with Gasteiger partial charge in [0.1, 0.15) is 0 Å². The SMILES string of the molecule is Cc1cc(C)cc(CC(=O)NCCc2c[nH]c3ccccc23)c1. The van der Waals surface area contributed by atoms with Crippen LogP contribution in [0.5, 0.6) is 0 Å². The number of aromatic nitrogens is 1. The molecular formula is C20H22N2O. The highest BCUT2D eigenvalue weighted by Crippen LogP contribution is 2.17. The molecule has 0 saturated carbocycles. The smallest absolute Gasteiger partial charge is 0.224 e. The van der Waals surface area contributed by atoms with Gasteiger partial charge in [0.05, 0.1) is 6.42 Å². The van der Waals surface area contributed by atoms with E-state index in [-0.39, 0.29) is 5.91 Å². The van der Waals surface area contributed by atoms with Crippen molar-refractivity contribution in [2.75, 3.05) is 6.54 Å². The van der Waals surface area contributed by atoms with E-state index in [9.17, 15) is 4.79 Å². The van der Waals surface area contributed by atoms with E-state index in [1.54, 1.807) is 0 Å². The molecule has 0 atom stereocenters. The number of aryl methyl sites for hydroxylation is 2. The number of H-pyrrole nitrogens is 1. The van der Waals surface area contributed by atoms with E-state index in [1.807, 2.05) is 18.3 Å². The molecule has 0 fully saturated rings. The summed E-state index contributed by atoms with van der Waals surface area (Å²) in [7, 11) is 0. The van der Waals surface area contributed by atoms with E-state index in [0.29, 0.717) is 13.0 Å². The van der Waals surface area contributed by atoms with Crippen LogP contribution in [0.15, 0.2) is 48.7 Å². The monoisotopic (exact) mass is 306 g/mol. The summed E-state index contributed by atoms with van der Waals surface area (Å²) in [5.41, 5.74) is 5.86. The molecule has 3 rings (SSSR count). The summed E-state index contributed by atoms with van der Waals surface area (Å²) >= 11 is 0. The number of nitrogens with one attached hydrogen (secondary N) is 2. The number of hydrogen-bond acceptors (Lipinski definition) is 1. The number of rotatable bonds is 5. The van der Waals surface area contributed by atoms with Gasteiger partial charge in [-0.15, -0.1) is 0 Å². The molecule has 2 aromatic carbocycles. The molecule has 118 valence electrons. The molecule has 3 aromatic rings. The highest BCUT2D eigenvalue weighted by atomic mass is 16.1. The first-order valence-electron chi connectivity index (χ1n) is 8.01. The minimum Gasteiger partial charge on any atom is -0.361 e. The first kappa shape index (κ1) is 15.3. The number of amides is 1. The van der Waals surface area contributed by atoms with Gasteiger partial charge in [0.15, 0.2) is 0 Å². The van der Waals surface area contributed by atoms with E-state index >= 15 is 0 Å². The van der Waals surface area contributed by atoms with Crippen molar-refractivity contribution >= 4 is 16.8 Å². The van der Waals surface area contributed by atoms with Gasteiger partial charge in [0, 0.05) is 23.6 Å². The quantitative estimate of drug-likeness (QED) is 0.742. The van der Waals surface area contributed by atoms with Crippen LogP contribution in [-0.4, -0.2) is 17.4 Å². The number of hydrogen-bond donors (Lipinski definition) is 2. The van der Waals surface area contributed by atoms with Gasteiger partial charge in [-0.1, -0.05) is 47.5 Å². The number of benzene rings is 2. The van der Waals surface area contributed by atoms with E-state index < -0.39 is 0 Å². The molecule has 2 N–H and O–H groups in total. The topological polar surface area (TPSA) is 44.9 Å². The zero-order valence-electron chi connectivity index (χ0n) is 13.6. The summed E-state index contributed by atoms with van der Waals surface area (Å²) < 4.78 is 0. The molecule has 0 aliphatic heterocycles. The third kappa shape index (κ3) is 3.81. The van der Waals surface area contributed by atoms with E-state index in [1.165, 1.54) is 22.1 Å². The summed E-state index contributed by atoms with van der Waals surface area (Å²) in [6.07, 6.45) is 3.31. The van der Waals surface area contributed by atoms with Crippen molar-refractivity contribution in [3.05, 3.63) is 70.9 Å². The Hall–Kier alpha value is -2.55. The van der Waals surface area contributed by atoms with Gasteiger partial charge in [0.25, 0.3) is 0 Å². The van der Waals surface area contributed by atoms with Crippen LogP contribution in [0.25, 0.3) is 10.9 Å². The third-order valence-corrected chi connectivity index (χ3v) is 4.04. The van der Waals surface area contributed by atoms with Crippen LogP contribution in [0.2, 0.25) is 0 Å². The van der Waals surface area contributed by atoms with Crippen LogP contribution in [0.4, 0.5) is 0 Å². The number of carbonyl (C=O) groups excluding carboxylic acids is 1. The van der Waals surface area contributed by atoms with Gasteiger partial charge in [0.2, 0.25) is 5.91 Å². The highest BCUT2D eigenvalue weighted by Gasteiger charge is 2.06. The maximum atomic E-state index is 12.1. The molecule has 3 heteroatoms. The molecule has 0 aliphatic rings. The minimum atomic E-state index is 0.0786. The van der Waals surface area contributed by atoms with Crippen molar-refractivity contribution in [1.29, 1.82) is 0 Å². The number of para-hydroxylation sites is 1. The van der Waals surface area contributed by atoms with Crippen molar-refractivity contribution < 1.29 is 4.79 Å². The molecule has 23 heavy (non-hydrogen) atoms. The maximum Gasteiger partial charge on any atom is 0.224 e. The lowest BCUT2D eigenvalue weighted by molar-refractivity contribution is -0.120. The largest absolute Gasteiger partial charge is 0.361 e. The predicted molar refractivity (Wildman–Crippen MR) is 94.6 cm³/mol. The van der Waals surface area contributed by atoms with Gasteiger partial charge < -0.3 is 10.3 Å². The van der Waals surface area contributed by atoms with Crippen LogP contribution in [0.1, 0.15) is 22.3 Å². The van der Waals surface area contributed by atoms with Crippen LogP contribution in [0.3, 0.4) is 0 Å². The lowest BCUT2D eigenvalue weighted by Crippen LogP contribution is -2.27. The van der Waals surface area contributed by atoms with Crippen molar-refractivity contribution in [3.8, 4) is 0 Å². The molecule has 1 aromatic heterocycles. The molecule has 0 unspecified atom stereocenters. The van der Waals surface area contributed by atoms with E-state index in [4.69, 9.17) is 0 Å².